The first-order chi connectivity index (χ1) is 12.4. The zero-order valence-corrected chi connectivity index (χ0v) is 14.8. The van der Waals surface area contributed by atoms with Crippen LogP contribution in [0.2, 0.25) is 0 Å². The second kappa shape index (κ2) is 6.84. The Morgan fingerprint density at radius 1 is 1.15 bits per heavy atom. The Morgan fingerprint density at radius 2 is 1.85 bits per heavy atom. The lowest BCUT2D eigenvalue weighted by Crippen LogP contribution is -2.13. The second-order valence-corrected chi connectivity index (χ2v) is 6.26. The van der Waals surface area contributed by atoms with Crippen LogP contribution in [0.5, 0.6) is 0 Å². The van der Waals surface area contributed by atoms with E-state index < -0.39 is 5.91 Å². The molecule has 1 amide bonds. The number of nitrogens with one attached hydrogen (secondary N) is 1. The molecule has 0 radical (unpaired) electrons. The van der Waals surface area contributed by atoms with Gasteiger partial charge in [-0.2, -0.15) is 0 Å². The van der Waals surface area contributed by atoms with Crippen LogP contribution in [0.4, 0.5) is 0 Å². The number of carbonyl (C=O) groups is 1. The van der Waals surface area contributed by atoms with Crippen molar-refractivity contribution in [1.82, 2.24) is 9.55 Å². The van der Waals surface area contributed by atoms with Crippen LogP contribution < -0.4 is 11.5 Å². The molecule has 0 atom stereocenters. The van der Waals surface area contributed by atoms with Gasteiger partial charge in [-0.1, -0.05) is 30.3 Å². The minimum Gasteiger partial charge on any atom is -0.384 e. The number of nitrogens with two attached hydrogens (primary N) is 2. The SMILES string of the molecule is Cc1cc(C(N)=O)c(C)n1-c1ncccc1Cc1ccc(C(=N)N)cc1. The van der Waals surface area contributed by atoms with Gasteiger partial charge in [0, 0.05) is 29.6 Å². The lowest BCUT2D eigenvalue weighted by molar-refractivity contribution is 0.0999. The largest absolute Gasteiger partial charge is 0.384 e. The van der Waals surface area contributed by atoms with Crippen molar-refractivity contribution in [3.63, 3.8) is 0 Å². The van der Waals surface area contributed by atoms with Gasteiger partial charge >= 0.3 is 0 Å². The number of amidine groups is 1. The van der Waals surface area contributed by atoms with Crippen LogP contribution in [0, 0.1) is 19.3 Å². The van der Waals surface area contributed by atoms with Crippen molar-refractivity contribution in [1.29, 1.82) is 5.41 Å². The van der Waals surface area contributed by atoms with Gasteiger partial charge in [0.05, 0.1) is 5.56 Å². The Balaban J connectivity index is 2.02. The van der Waals surface area contributed by atoms with Crippen molar-refractivity contribution in [2.75, 3.05) is 0 Å². The third kappa shape index (κ3) is 3.21. The molecule has 132 valence electrons. The van der Waals surface area contributed by atoms with Gasteiger partial charge in [0.25, 0.3) is 5.91 Å². The number of nitrogens with zero attached hydrogens (tertiary/aromatic N) is 2. The van der Waals surface area contributed by atoms with Gasteiger partial charge in [-0.3, -0.25) is 10.2 Å². The fourth-order valence-electron chi connectivity index (χ4n) is 3.13. The number of hydrogen-bond donors (Lipinski definition) is 3. The number of carbonyl (C=O) groups excluding carboxylic acids is 1. The summed E-state index contributed by atoms with van der Waals surface area (Å²) in [5.74, 6) is 0.392. The number of hydrogen-bond acceptors (Lipinski definition) is 3. The number of primary amides is 1. The van der Waals surface area contributed by atoms with Crippen LogP contribution in [0.15, 0.2) is 48.7 Å². The number of nitrogen functional groups attached to an aromatic ring is 1. The molecule has 2 aromatic heterocycles. The van der Waals surface area contributed by atoms with Crippen LogP contribution in [0.1, 0.15) is 38.4 Å². The van der Waals surface area contributed by atoms with Crippen LogP contribution >= 0.6 is 0 Å². The highest BCUT2D eigenvalue weighted by Gasteiger charge is 2.17. The molecule has 1 aromatic carbocycles. The van der Waals surface area contributed by atoms with Gasteiger partial charge in [0.2, 0.25) is 0 Å². The molecule has 0 aliphatic heterocycles. The molecule has 3 aromatic rings. The maximum absolute atomic E-state index is 11.6. The number of benzene rings is 1. The zero-order valence-electron chi connectivity index (χ0n) is 14.8. The van der Waals surface area contributed by atoms with E-state index in [9.17, 15) is 4.79 Å². The van der Waals surface area contributed by atoms with E-state index in [1.54, 1.807) is 12.3 Å². The first-order valence-corrected chi connectivity index (χ1v) is 8.25. The number of aromatic nitrogens is 2. The monoisotopic (exact) mass is 347 g/mol. The molecule has 5 N–H and O–H groups in total. The molecular formula is C20H21N5O. The Bertz CT molecular complexity index is 986. The minimum atomic E-state index is -0.443. The Hall–Kier alpha value is -3.41. The van der Waals surface area contributed by atoms with Gasteiger partial charge < -0.3 is 16.0 Å². The highest BCUT2D eigenvalue weighted by atomic mass is 16.1. The number of rotatable bonds is 5. The zero-order chi connectivity index (χ0) is 18.8. The number of amides is 1. The predicted molar refractivity (Wildman–Crippen MR) is 102 cm³/mol. The summed E-state index contributed by atoms with van der Waals surface area (Å²) in [5.41, 5.74) is 16.0. The van der Waals surface area contributed by atoms with Gasteiger partial charge in [0.15, 0.2) is 0 Å². The summed E-state index contributed by atoms with van der Waals surface area (Å²) in [7, 11) is 0. The van der Waals surface area contributed by atoms with Crippen LogP contribution in [0.25, 0.3) is 5.82 Å². The standard InChI is InChI=1S/C20H21N5O/c1-12-10-17(19(23)26)13(2)25(12)20-16(4-3-9-24-20)11-14-5-7-15(8-6-14)18(21)22/h3-10H,11H2,1-2H3,(H3,21,22)(H2,23,26). The summed E-state index contributed by atoms with van der Waals surface area (Å²) in [6, 6.07) is 13.3. The lowest BCUT2D eigenvalue weighted by atomic mass is 10.0. The molecule has 6 nitrogen and oxygen atoms in total. The van der Waals surface area contributed by atoms with Crippen LogP contribution in [-0.4, -0.2) is 21.3 Å². The van der Waals surface area contributed by atoms with E-state index in [0.717, 1.165) is 28.3 Å². The highest BCUT2D eigenvalue weighted by Crippen LogP contribution is 2.23. The predicted octanol–water partition coefficient (Wildman–Crippen LogP) is 2.46. The summed E-state index contributed by atoms with van der Waals surface area (Å²) in [5, 5.41) is 7.48. The fraction of sp³-hybridized carbons (Fsp3) is 0.150. The van der Waals surface area contributed by atoms with E-state index in [-0.39, 0.29) is 5.84 Å². The second-order valence-electron chi connectivity index (χ2n) is 6.26. The normalized spacial score (nSPS) is 10.7. The van der Waals surface area contributed by atoms with E-state index in [1.165, 1.54) is 0 Å². The van der Waals surface area contributed by atoms with Crippen molar-refractivity contribution in [2.45, 2.75) is 20.3 Å². The number of aryl methyl sites for hydroxylation is 1. The van der Waals surface area contributed by atoms with Crippen molar-refractivity contribution < 1.29 is 4.79 Å². The van der Waals surface area contributed by atoms with Gasteiger partial charge in [-0.15, -0.1) is 0 Å². The third-order valence-electron chi connectivity index (χ3n) is 4.44. The molecule has 2 heterocycles. The van der Waals surface area contributed by atoms with Crippen molar-refractivity contribution in [3.05, 3.63) is 82.3 Å². The molecule has 0 saturated carbocycles. The third-order valence-corrected chi connectivity index (χ3v) is 4.44. The lowest BCUT2D eigenvalue weighted by Gasteiger charge is -2.14. The first kappa shape index (κ1) is 17.4. The van der Waals surface area contributed by atoms with Gasteiger partial charge in [0.1, 0.15) is 11.7 Å². The quantitative estimate of drug-likeness (QED) is 0.487. The number of pyridine rings is 1. The Kier molecular flexibility index (Phi) is 4.58. The van der Waals surface area contributed by atoms with Crippen LogP contribution in [0.3, 0.4) is 0 Å². The Labute approximate surface area is 152 Å². The summed E-state index contributed by atoms with van der Waals surface area (Å²) >= 11 is 0. The Morgan fingerprint density at radius 3 is 2.42 bits per heavy atom. The van der Waals surface area contributed by atoms with E-state index in [0.29, 0.717) is 17.5 Å². The molecule has 0 aliphatic carbocycles. The topological polar surface area (TPSA) is 111 Å². The summed E-state index contributed by atoms with van der Waals surface area (Å²) in [6.07, 6.45) is 2.41. The van der Waals surface area contributed by atoms with E-state index in [4.69, 9.17) is 16.9 Å². The van der Waals surface area contributed by atoms with Crippen molar-refractivity contribution >= 4 is 11.7 Å². The first-order valence-electron chi connectivity index (χ1n) is 8.25. The smallest absolute Gasteiger partial charge is 0.250 e. The molecule has 0 saturated heterocycles. The average molecular weight is 347 g/mol. The van der Waals surface area contributed by atoms with E-state index in [2.05, 4.69) is 4.98 Å². The minimum absolute atomic E-state index is 0.0520. The summed E-state index contributed by atoms with van der Waals surface area (Å²) < 4.78 is 1.96. The van der Waals surface area contributed by atoms with Gasteiger partial charge in [-0.05, 0) is 37.1 Å². The van der Waals surface area contributed by atoms with Crippen molar-refractivity contribution in [2.24, 2.45) is 11.5 Å². The summed E-state index contributed by atoms with van der Waals surface area (Å²) in [6.45, 7) is 3.80. The molecule has 0 unspecified atom stereocenters. The molecule has 0 spiro atoms. The van der Waals surface area contributed by atoms with Crippen molar-refractivity contribution in [3.8, 4) is 5.82 Å². The van der Waals surface area contributed by atoms with E-state index in [1.807, 2.05) is 54.8 Å². The van der Waals surface area contributed by atoms with E-state index >= 15 is 0 Å². The maximum Gasteiger partial charge on any atom is 0.250 e. The van der Waals surface area contributed by atoms with Crippen LogP contribution in [-0.2, 0) is 6.42 Å². The van der Waals surface area contributed by atoms with Gasteiger partial charge in [-0.25, -0.2) is 4.98 Å². The summed E-state index contributed by atoms with van der Waals surface area (Å²) in [4.78, 5) is 16.2. The molecule has 0 bridgehead atoms. The molecular weight excluding hydrogens is 326 g/mol. The fourth-order valence-corrected chi connectivity index (χ4v) is 3.13. The molecule has 0 aliphatic rings. The highest BCUT2D eigenvalue weighted by molar-refractivity contribution is 5.95. The maximum atomic E-state index is 11.6. The molecule has 6 heteroatoms. The molecule has 3 rings (SSSR count). The molecule has 0 fully saturated rings. The average Bonchev–Trinajstić information content (AvgIpc) is 2.91. The molecule has 26 heavy (non-hydrogen) atoms.